The molecule has 0 spiro atoms. The smallest absolute Gasteiger partial charge is 0.276 e. The van der Waals surface area contributed by atoms with Crippen LogP contribution >= 0.6 is 11.6 Å². The van der Waals surface area contributed by atoms with Crippen LogP contribution in [-0.2, 0) is 11.3 Å². The number of aromatic nitrogens is 3. The Morgan fingerprint density at radius 2 is 2.04 bits per heavy atom. The van der Waals surface area contributed by atoms with E-state index in [-0.39, 0.29) is 35.6 Å². The van der Waals surface area contributed by atoms with Gasteiger partial charge in [0.15, 0.2) is 5.69 Å². The Morgan fingerprint density at radius 3 is 2.75 bits per heavy atom. The van der Waals surface area contributed by atoms with Crippen LogP contribution in [0.4, 0.5) is 4.39 Å². The molecule has 2 fully saturated rings. The molecule has 1 aromatic carbocycles. The van der Waals surface area contributed by atoms with Gasteiger partial charge in [-0.1, -0.05) is 35.7 Å². The molecule has 0 atom stereocenters. The first-order valence-corrected chi connectivity index (χ1v) is 9.82. The highest BCUT2D eigenvalue weighted by Gasteiger charge is 2.33. The second-order valence-corrected chi connectivity index (χ2v) is 7.70. The average molecular weight is 406 g/mol. The number of rotatable bonds is 4. The van der Waals surface area contributed by atoms with Gasteiger partial charge in [0.1, 0.15) is 12.4 Å². The van der Waals surface area contributed by atoms with Crippen LogP contribution in [0.1, 0.15) is 41.7 Å². The maximum atomic E-state index is 13.2. The topological polar surface area (TPSA) is 71.3 Å². The van der Waals surface area contributed by atoms with Crippen LogP contribution in [0.5, 0.6) is 0 Å². The van der Waals surface area contributed by atoms with Crippen molar-refractivity contribution in [3.05, 3.63) is 46.5 Å². The third kappa shape index (κ3) is 3.87. The molecule has 0 unspecified atom stereocenters. The van der Waals surface area contributed by atoms with Gasteiger partial charge in [0.2, 0.25) is 5.91 Å². The first-order valence-electron chi connectivity index (χ1n) is 9.44. The van der Waals surface area contributed by atoms with Gasteiger partial charge in [0.05, 0.1) is 12.7 Å². The Hall–Kier alpha value is -2.48. The highest BCUT2D eigenvalue weighted by Crippen LogP contribution is 2.25. The zero-order valence-corrected chi connectivity index (χ0v) is 16.1. The van der Waals surface area contributed by atoms with E-state index < -0.39 is 5.82 Å². The standard InChI is InChI=1S/C19H21ClFN5O2/c20-16-9-14(21)6-5-13(16)10-25-11-17(22-23-25)19(28)24-7-8-26(18(27)12-24)15-3-1-2-4-15/h5-6,9,11,15H,1-4,7-8,10,12H2. The van der Waals surface area contributed by atoms with Crippen molar-refractivity contribution < 1.29 is 14.0 Å². The SMILES string of the molecule is O=C(c1cn(Cc2ccc(F)cc2Cl)nn1)N1CCN(C2CCCC2)C(=O)C1. The summed E-state index contributed by atoms with van der Waals surface area (Å²) in [5, 5.41) is 8.18. The van der Waals surface area contributed by atoms with Crippen molar-refractivity contribution in [1.29, 1.82) is 0 Å². The van der Waals surface area contributed by atoms with E-state index in [0.717, 1.165) is 25.7 Å². The summed E-state index contributed by atoms with van der Waals surface area (Å²) in [7, 11) is 0. The minimum atomic E-state index is -0.412. The number of benzene rings is 1. The van der Waals surface area contributed by atoms with Gasteiger partial charge in [-0.3, -0.25) is 9.59 Å². The molecular weight excluding hydrogens is 385 g/mol. The van der Waals surface area contributed by atoms with E-state index in [1.54, 1.807) is 6.07 Å². The maximum Gasteiger partial charge on any atom is 0.276 e. The van der Waals surface area contributed by atoms with E-state index in [1.165, 1.54) is 27.9 Å². The minimum Gasteiger partial charge on any atom is -0.336 e. The number of halogens is 2. The molecular formula is C19H21ClFN5O2. The van der Waals surface area contributed by atoms with Crippen molar-refractivity contribution in [1.82, 2.24) is 24.8 Å². The molecule has 148 valence electrons. The summed E-state index contributed by atoms with van der Waals surface area (Å²) >= 11 is 6.04. The van der Waals surface area contributed by atoms with Gasteiger partial charge in [-0.2, -0.15) is 0 Å². The van der Waals surface area contributed by atoms with E-state index in [0.29, 0.717) is 24.7 Å². The van der Waals surface area contributed by atoms with Gasteiger partial charge in [-0.15, -0.1) is 5.10 Å². The van der Waals surface area contributed by atoms with E-state index in [4.69, 9.17) is 11.6 Å². The van der Waals surface area contributed by atoms with Crippen LogP contribution < -0.4 is 0 Å². The molecule has 2 amide bonds. The van der Waals surface area contributed by atoms with Crippen LogP contribution in [0.3, 0.4) is 0 Å². The van der Waals surface area contributed by atoms with Gasteiger partial charge in [0.25, 0.3) is 5.91 Å². The number of carbonyl (C=O) groups excluding carboxylic acids is 2. The van der Waals surface area contributed by atoms with Crippen LogP contribution in [0.25, 0.3) is 0 Å². The van der Waals surface area contributed by atoms with Crippen LogP contribution in [0, 0.1) is 5.82 Å². The average Bonchev–Trinajstić information content (AvgIpc) is 3.35. The molecule has 0 N–H and O–H groups in total. The molecule has 2 aromatic rings. The van der Waals surface area contributed by atoms with E-state index in [1.807, 2.05) is 4.90 Å². The van der Waals surface area contributed by atoms with Crippen LogP contribution in [-0.4, -0.2) is 62.3 Å². The third-order valence-corrected chi connectivity index (χ3v) is 5.77. The fourth-order valence-electron chi connectivity index (χ4n) is 3.92. The lowest BCUT2D eigenvalue weighted by atomic mass is 10.1. The molecule has 1 saturated carbocycles. The number of carbonyl (C=O) groups is 2. The fraction of sp³-hybridized carbons (Fsp3) is 0.474. The van der Waals surface area contributed by atoms with Crippen molar-refractivity contribution in [2.45, 2.75) is 38.3 Å². The molecule has 9 heteroatoms. The second kappa shape index (κ2) is 7.87. The highest BCUT2D eigenvalue weighted by atomic mass is 35.5. The quantitative estimate of drug-likeness (QED) is 0.782. The normalized spacial score (nSPS) is 18.1. The molecule has 2 heterocycles. The van der Waals surface area contributed by atoms with Gasteiger partial charge < -0.3 is 9.80 Å². The third-order valence-electron chi connectivity index (χ3n) is 5.42. The van der Waals surface area contributed by atoms with E-state index in [9.17, 15) is 14.0 Å². The summed E-state index contributed by atoms with van der Waals surface area (Å²) in [4.78, 5) is 28.6. The maximum absolute atomic E-state index is 13.2. The molecule has 1 saturated heterocycles. The monoisotopic (exact) mass is 405 g/mol. The van der Waals surface area contributed by atoms with Crippen LogP contribution in [0.15, 0.2) is 24.4 Å². The van der Waals surface area contributed by atoms with Crippen molar-refractivity contribution in [3.63, 3.8) is 0 Å². The predicted molar refractivity (Wildman–Crippen MR) is 100 cm³/mol. The number of hydrogen-bond donors (Lipinski definition) is 0. The Morgan fingerprint density at radius 1 is 1.25 bits per heavy atom. The molecule has 4 rings (SSSR count). The summed E-state index contributed by atoms with van der Waals surface area (Å²) in [6.45, 7) is 1.41. The molecule has 28 heavy (non-hydrogen) atoms. The Kier molecular flexibility index (Phi) is 5.30. The Labute approximate surface area is 167 Å². The van der Waals surface area contributed by atoms with Crippen molar-refractivity contribution in [3.8, 4) is 0 Å². The summed E-state index contributed by atoms with van der Waals surface area (Å²) in [6.07, 6.45) is 5.96. The van der Waals surface area contributed by atoms with Crippen molar-refractivity contribution in [2.24, 2.45) is 0 Å². The van der Waals surface area contributed by atoms with Gasteiger partial charge >= 0.3 is 0 Å². The lowest BCUT2D eigenvalue weighted by molar-refractivity contribution is -0.137. The van der Waals surface area contributed by atoms with Gasteiger partial charge in [0, 0.05) is 24.2 Å². The molecule has 1 aliphatic carbocycles. The molecule has 1 aromatic heterocycles. The van der Waals surface area contributed by atoms with Gasteiger partial charge in [-0.05, 0) is 30.5 Å². The van der Waals surface area contributed by atoms with Crippen molar-refractivity contribution in [2.75, 3.05) is 19.6 Å². The molecule has 1 aliphatic heterocycles. The first-order chi connectivity index (χ1) is 13.5. The lowest BCUT2D eigenvalue weighted by Crippen LogP contribution is -2.54. The molecule has 2 aliphatic rings. The van der Waals surface area contributed by atoms with E-state index in [2.05, 4.69) is 10.3 Å². The summed E-state index contributed by atoms with van der Waals surface area (Å²) in [5.41, 5.74) is 0.854. The van der Waals surface area contributed by atoms with E-state index >= 15 is 0 Å². The Bertz CT molecular complexity index is 896. The summed E-state index contributed by atoms with van der Waals surface area (Å²) < 4.78 is 14.6. The lowest BCUT2D eigenvalue weighted by Gasteiger charge is -2.37. The van der Waals surface area contributed by atoms with Crippen molar-refractivity contribution >= 4 is 23.4 Å². The predicted octanol–water partition coefficient (Wildman–Crippen LogP) is 2.35. The Balaban J connectivity index is 1.40. The highest BCUT2D eigenvalue weighted by molar-refractivity contribution is 6.31. The summed E-state index contributed by atoms with van der Waals surface area (Å²) in [6, 6.07) is 4.45. The fourth-order valence-corrected chi connectivity index (χ4v) is 4.15. The minimum absolute atomic E-state index is 0.00279. The first kappa shape index (κ1) is 18.9. The summed E-state index contributed by atoms with van der Waals surface area (Å²) in [5.74, 6) is -0.725. The largest absolute Gasteiger partial charge is 0.336 e. The second-order valence-electron chi connectivity index (χ2n) is 7.29. The number of piperazine rings is 1. The zero-order chi connectivity index (χ0) is 19.7. The van der Waals surface area contributed by atoms with Crippen LogP contribution in [0.2, 0.25) is 5.02 Å². The number of hydrogen-bond acceptors (Lipinski definition) is 4. The molecule has 7 nitrogen and oxygen atoms in total. The number of amides is 2. The number of nitrogens with zero attached hydrogens (tertiary/aromatic N) is 5. The van der Waals surface area contributed by atoms with Gasteiger partial charge in [-0.25, -0.2) is 9.07 Å². The molecule has 0 bridgehead atoms. The zero-order valence-electron chi connectivity index (χ0n) is 15.4. The molecule has 0 radical (unpaired) electrons.